The van der Waals surface area contributed by atoms with Gasteiger partial charge in [0.1, 0.15) is 11.9 Å². The average molecular weight is 358 g/mol. The molecule has 116 valence electrons. The van der Waals surface area contributed by atoms with E-state index in [9.17, 15) is 0 Å². The van der Waals surface area contributed by atoms with Gasteiger partial charge >= 0.3 is 0 Å². The summed E-state index contributed by atoms with van der Waals surface area (Å²) < 4.78 is 6.19. The topological polar surface area (TPSA) is 34.1 Å². The second-order valence-corrected chi connectivity index (χ2v) is 6.64. The van der Waals surface area contributed by atoms with E-state index in [1.807, 2.05) is 6.07 Å². The highest BCUT2D eigenvalue weighted by Gasteiger charge is 2.28. The number of halogens is 3. The van der Waals surface area contributed by atoms with Crippen LogP contribution in [0.2, 0.25) is 15.1 Å². The maximum atomic E-state index is 6.19. The fourth-order valence-corrected chi connectivity index (χ4v) is 3.39. The molecule has 0 amide bonds. The van der Waals surface area contributed by atoms with Gasteiger partial charge in [0.05, 0.1) is 5.02 Å². The first kappa shape index (κ1) is 15.9. The van der Waals surface area contributed by atoms with E-state index in [4.69, 9.17) is 39.5 Å². The van der Waals surface area contributed by atoms with Gasteiger partial charge in [0.25, 0.3) is 0 Å². The first-order valence-corrected chi connectivity index (χ1v) is 8.19. The van der Waals surface area contributed by atoms with E-state index in [1.165, 1.54) is 0 Å². The van der Waals surface area contributed by atoms with Crippen molar-refractivity contribution >= 4 is 34.8 Å². The minimum atomic E-state index is -0.143. The van der Waals surface area contributed by atoms with E-state index in [-0.39, 0.29) is 6.10 Å². The zero-order valence-corrected chi connectivity index (χ0v) is 14.0. The number of hydrogen-bond donors (Lipinski definition) is 1. The minimum Gasteiger partial charge on any atom is -0.485 e. The van der Waals surface area contributed by atoms with Gasteiger partial charge in [-0.25, -0.2) is 0 Å². The number of benzene rings is 1. The molecule has 3 nitrogen and oxygen atoms in total. The van der Waals surface area contributed by atoms with Crippen molar-refractivity contribution in [2.45, 2.75) is 12.5 Å². The highest BCUT2D eigenvalue weighted by Crippen LogP contribution is 2.34. The van der Waals surface area contributed by atoms with Crippen LogP contribution in [0.15, 0.2) is 36.7 Å². The van der Waals surface area contributed by atoms with E-state index in [1.54, 1.807) is 30.6 Å². The fraction of sp³-hybridized carbons (Fsp3) is 0.312. The molecule has 22 heavy (non-hydrogen) atoms. The molecule has 1 aromatic carbocycles. The molecule has 1 aliphatic heterocycles. The SMILES string of the molecule is Clc1cc(Cl)cc(OC(c2cncc(Cl)c2)C2CCNC2)c1. The molecule has 6 heteroatoms. The lowest BCUT2D eigenvalue weighted by molar-refractivity contribution is 0.144. The molecular weight excluding hydrogens is 343 g/mol. The van der Waals surface area contributed by atoms with Crippen LogP contribution in [0.1, 0.15) is 18.1 Å². The van der Waals surface area contributed by atoms with Gasteiger partial charge in [-0.05, 0) is 37.2 Å². The second kappa shape index (κ2) is 7.05. The van der Waals surface area contributed by atoms with E-state index >= 15 is 0 Å². The number of rotatable bonds is 4. The van der Waals surface area contributed by atoms with Crippen LogP contribution in [0.3, 0.4) is 0 Å². The summed E-state index contributed by atoms with van der Waals surface area (Å²) in [5.41, 5.74) is 0.956. The van der Waals surface area contributed by atoms with Crippen LogP contribution in [0.25, 0.3) is 0 Å². The van der Waals surface area contributed by atoms with Crippen LogP contribution in [0.5, 0.6) is 5.75 Å². The number of ether oxygens (including phenoxy) is 1. The molecule has 0 saturated carbocycles. The monoisotopic (exact) mass is 356 g/mol. The van der Waals surface area contributed by atoms with Crippen molar-refractivity contribution in [2.75, 3.05) is 13.1 Å². The largest absolute Gasteiger partial charge is 0.485 e. The molecule has 2 atom stereocenters. The summed E-state index contributed by atoms with van der Waals surface area (Å²) in [7, 11) is 0. The third kappa shape index (κ3) is 3.85. The summed E-state index contributed by atoms with van der Waals surface area (Å²) in [5.74, 6) is 0.993. The van der Waals surface area contributed by atoms with Crippen LogP contribution in [-0.2, 0) is 0 Å². The molecule has 0 spiro atoms. The highest BCUT2D eigenvalue weighted by atomic mass is 35.5. The van der Waals surface area contributed by atoms with E-state index in [2.05, 4.69) is 10.3 Å². The summed E-state index contributed by atoms with van der Waals surface area (Å²) in [5, 5.41) is 5.06. The Morgan fingerprint density at radius 1 is 1.05 bits per heavy atom. The van der Waals surface area contributed by atoms with Crippen LogP contribution < -0.4 is 10.1 Å². The number of hydrogen-bond acceptors (Lipinski definition) is 3. The fourth-order valence-electron chi connectivity index (χ4n) is 2.70. The Kier molecular flexibility index (Phi) is 5.09. The molecular formula is C16H15Cl3N2O. The molecule has 0 bridgehead atoms. The summed E-state index contributed by atoms with van der Waals surface area (Å²) >= 11 is 18.2. The van der Waals surface area contributed by atoms with Crippen LogP contribution in [0, 0.1) is 5.92 Å². The zero-order chi connectivity index (χ0) is 15.5. The molecule has 0 aliphatic carbocycles. The van der Waals surface area contributed by atoms with E-state index in [0.717, 1.165) is 25.1 Å². The lowest BCUT2D eigenvalue weighted by atomic mass is 9.96. The predicted octanol–water partition coefficient (Wildman–Crippen LogP) is 4.77. The third-order valence-electron chi connectivity index (χ3n) is 3.68. The van der Waals surface area contributed by atoms with Gasteiger partial charge in [-0.2, -0.15) is 0 Å². The van der Waals surface area contributed by atoms with Crippen molar-refractivity contribution in [2.24, 2.45) is 5.92 Å². The van der Waals surface area contributed by atoms with Crippen LogP contribution in [-0.4, -0.2) is 18.1 Å². The molecule has 2 aromatic rings. The van der Waals surface area contributed by atoms with Crippen molar-refractivity contribution in [3.8, 4) is 5.75 Å². The van der Waals surface area contributed by atoms with Crippen molar-refractivity contribution in [1.29, 1.82) is 0 Å². The van der Waals surface area contributed by atoms with E-state index < -0.39 is 0 Å². The van der Waals surface area contributed by atoms with Gasteiger partial charge in [-0.15, -0.1) is 0 Å². The second-order valence-electron chi connectivity index (χ2n) is 5.33. The predicted molar refractivity (Wildman–Crippen MR) is 90.1 cm³/mol. The molecule has 2 unspecified atom stereocenters. The Bertz CT molecular complexity index is 639. The quantitative estimate of drug-likeness (QED) is 0.855. The number of pyridine rings is 1. The minimum absolute atomic E-state index is 0.143. The van der Waals surface area contributed by atoms with E-state index in [0.29, 0.717) is 26.7 Å². The maximum absolute atomic E-state index is 6.19. The van der Waals surface area contributed by atoms with Crippen molar-refractivity contribution in [3.63, 3.8) is 0 Å². The molecule has 1 aromatic heterocycles. The molecule has 1 fully saturated rings. The zero-order valence-electron chi connectivity index (χ0n) is 11.7. The Morgan fingerprint density at radius 3 is 2.45 bits per heavy atom. The Balaban J connectivity index is 1.91. The van der Waals surface area contributed by atoms with Gasteiger partial charge in [-0.1, -0.05) is 34.8 Å². The number of nitrogens with zero attached hydrogens (tertiary/aromatic N) is 1. The molecule has 2 heterocycles. The van der Waals surface area contributed by atoms with Crippen molar-refractivity contribution in [3.05, 3.63) is 57.3 Å². The average Bonchev–Trinajstić information content (AvgIpc) is 2.97. The highest BCUT2D eigenvalue weighted by molar-refractivity contribution is 6.34. The maximum Gasteiger partial charge on any atom is 0.129 e. The smallest absolute Gasteiger partial charge is 0.129 e. The molecule has 1 aliphatic rings. The summed E-state index contributed by atoms with van der Waals surface area (Å²) in [4.78, 5) is 4.17. The first-order valence-electron chi connectivity index (χ1n) is 7.06. The molecule has 0 radical (unpaired) electrons. The van der Waals surface area contributed by atoms with Crippen LogP contribution >= 0.6 is 34.8 Å². The van der Waals surface area contributed by atoms with Gasteiger partial charge in [-0.3, -0.25) is 4.98 Å². The molecule has 3 rings (SSSR count). The summed E-state index contributed by atoms with van der Waals surface area (Å²) in [6.45, 7) is 1.88. The standard InChI is InChI=1S/C16H15Cl3N2O/c17-12-4-13(18)6-15(5-12)22-16(10-1-2-20-7-10)11-3-14(19)9-21-8-11/h3-6,8-10,16,20H,1-2,7H2. The molecule has 1 saturated heterocycles. The van der Waals surface area contributed by atoms with Gasteiger partial charge in [0.15, 0.2) is 0 Å². The summed E-state index contributed by atoms with van der Waals surface area (Å²) in [6.07, 6.45) is 4.30. The number of aromatic nitrogens is 1. The van der Waals surface area contributed by atoms with Gasteiger partial charge in [0, 0.05) is 40.5 Å². The lowest BCUT2D eigenvalue weighted by Crippen LogP contribution is -2.21. The third-order valence-corrected chi connectivity index (χ3v) is 4.32. The normalized spacial score (nSPS) is 19.1. The van der Waals surface area contributed by atoms with Crippen molar-refractivity contribution < 1.29 is 4.74 Å². The van der Waals surface area contributed by atoms with Crippen molar-refractivity contribution in [1.82, 2.24) is 10.3 Å². The molecule has 1 N–H and O–H groups in total. The Morgan fingerprint density at radius 2 is 1.82 bits per heavy atom. The van der Waals surface area contributed by atoms with Gasteiger partial charge in [0.2, 0.25) is 0 Å². The number of nitrogens with one attached hydrogen (secondary N) is 1. The Labute approximate surface area is 144 Å². The van der Waals surface area contributed by atoms with Crippen LogP contribution in [0.4, 0.5) is 0 Å². The lowest BCUT2D eigenvalue weighted by Gasteiger charge is -2.25. The Hall–Kier alpha value is -1.00. The summed E-state index contributed by atoms with van der Waals surface area (Å²) in [6, 6.07) is 7.11. The first-order chi connectivity index (χ1) is 10.6. The van der Waals surface area contributed by atoms with Gasteiger partial charge < -0.3 is 10.1 Å².